The van der Waals surface area contributed by atoms with Gasteiger partial charge in [-0.2, -0.15) is 0 Å². The Morgan fingerprint density at radius 2 is 2.30 bits per heavy atom. The highest BCUT2D eigenvalue weighted by Crippen LogP contribution is 2.09. The zero-order valence-electron chi connectivity index (χ0n) is 6.18. The summed E-state index contributed by atoms with van der Waals surface area (Å²) in [5, 5.41) is 7.22. The summed E-state index contributed by atoms with van der Waals surface area (Å²) in [5.74, 6) is 0.489. The third-order valence-corrected chi connectivity index (χ3v) is 1.73. The average Bonchev–Trinajstić information content (AvgIpc) is 1.88. The summed E-state index contributed by atoms with van der Waals surface area (Å²) in [6, 6.07) is 0. The molecule has 0 unspecified atom stereocenters. The Balaban J connectivity index is 2.56. The first-order chi connectivity index (χ1) is 4.72. The standard InChI is InChI=1S/C7H12N2O/c1-6(8)9-5-3-2-4-7(9)10/h8H,2-5H2,1H3. The van der Waals surface area contributed by atoms with Crippen LogP contribution in [0.4, 0.5) is 0 Å². The van der Waals surface area contributed by atoms with Crippen LogP contribution in [0.1, 0.15) is 26.2 Å². The molecule has 1 amide bonds. The number of rotatable bonds is 0. The number of carbonyl (C=O) groups is 1. The average molecular weight is 140 g/mol. The second-order valence-electron chi connectivity index (χ2n) is 2.59. The van der Waals surface area contributed by atoms with Gasteiger partial charge in [-0.05, 0) is 19.8 Å². The van der Waals surface area contributed by atoms with E-state index in [0.29, 0.717) is 12.3 Å². The third-order valence-electron chi connectivity index (χ3n) is 1.73. The molecule has 10 heavy (non-hydrogen) atoms. The van der Waals surface area contributed by atoms with Crippen molar-refractivity contribution in [1.82, 2.24) is 4.90 Å². The van der Waals surface area contributed by atoms with Crippen molar-refractivity contribution in [2.45, 2.75) is 26.2 Å². The van der Waals surface area contributed by atoms with Crippen LogP contribution in [0.15, 0.2) is 0 Å². The zero-order valence-corrected chi connectivity index (χ0v) is 6.18. The molecule has 0 bridgehead atoms. The SMILES string of the molecule is CC(=N)N1CCCCC1=O. The summed E-state index contributed by atoms with van der Waals surface area (Å²) in [4.78, 5) is 12.6. The van der Waals surface area contributed by atoms with Crippen LogP contribution >= 0.6 is 0 Å². The molecule has 0 aromatic heterocycles. The fraction of sp³-hybridized carbons (Fsp3) is 0.714. The lowest BCUT2D eigenvalue weighted by Crippen LogP contribution is -2.38. The molecule has 0 aromatic rings. The molecule has 1 N–H and O–H groups in total. The van der Waals surface area contributed by atoms with Gasteiger partial charge in [0.25, 0.3) is 0 Å². The Morgan fingerprint density at radius 3 is 2.70 bits per heavy atom. The van der Waals surface area contributed by atoms with E-state index in [1.807, 2.05) is 0 Å². The molecule has 1 aliphatic heterocycles. The number of amides is 1. The predicted octanol–water partition coefficient (Wildman–Crippen LogP) is 0.996. The van der Waals surface area contributed by atoms with Crippen molar-refractivity contribution in [1.29, 1.82) is 5.41 Å². The van der Waals surface area contributed by atoms with Crippen LogP contribution in [-0.2, 0) is 4.79 Å². The van der Waals surface area contributed by atoms with Gasteiger partial charge in [-0.15, -0.1) is 0 Å². The van der Waals surface area contributed by atoms with E-state index in [2.05, 4.69) is 0 Å². The number of amidine groups is 1. The number of likely N-dealkylation sites (tertiary alicyclic amines) is 1. The molecule has 56 valence electrons. The molecule has 3 nitrogen and oxygen atoms in total. The molecule has 1 saturated heterocycles. The number of piperidine rings is 1. The Labute approximate surface area is 60.5 Å². The fourth-order valence-corrected chi connectivity index (χ4v) is 1.16. The summed E-state index contributed by atoms with van der Waals surface area (Å²) in [5.41, 5.74) is 0. The minimum Gasteiger partial charge on any atom is -0.301 e. The molecule has 1 aliphatic rings. The first-order valence-corrected chi connectivity index (χ1v) is 3.57. The Kier molecular flexibility index (Phi) is 2.04. The van der Waals surface area contributed by atoms with Gasteiger partial charge >= 0.3 is 0 Å². The lowest BCUT2D eigenvalue weighted by Gasteiger charge is -2.24. The van der Waals surface area contributed by atoms with E-state index in [1.165, 1.54) is 0 Å². The van der Waals surface area contributed by atoms with E-state index in [-0.39, 0.29) is 5.91 Å². The number of nitrogens with zero attached hydrogens (tertiary/aromatic N) is 1. The van der Waals surface area contributed by atoms with Crippen molar-refractivity contribution < 1.29 is 4.79 Å². The van der Waals surface area contributed by atoms with Gasteiger partial charge in [0.2, 0.25) is 5.91 Å². The second-order valence-corrected chi connectivity index (χ2v) is 2.59. The van der Waals surface area contributed by atoms with E-state index >= 15 is 0 Å². The van der Waals surface area contributed by atoms with Crippen LogP contribution in [0, 0.1) is 5.41 Å². The van der Waals surface area contributed by atoms with Gasteiger partial charge in [-0.25, -0.2) is 0 Å². The first-order valence-electron chi connectivity index (χ1n) is 3.57. The van der Waals surface area contributed by atoms with Crippen molar-refractivity contribution in [2.24, 2.45) is 0 Å². The van der Waals surface area contributed by atoms with Gasteiger partial charge in [0.1, 0.15) is 0 Å². The van der Waals surface area contributed by atoms with Crippen LogP contribution in [0.25, 0.3) is 0 Å². The van der Waals surface area contributed by atoms with Crippen molar-refractivity contribution >= 4 is 11.7 Å². The van der Waals surface area contributed by atoms with Crippen LogP contribution in [0.3, 0.4) is 0 Å². The minimum absolute atomic E-state index is 0.110. The highest BCUT2D eigenvalue weighted by Gasteiger charge is 2.18. The summed E-state index contributed by atoms with van der Waals surface area (Å²) in [6.45, 7) is 2.40. The van der Waals surface area contributed by atoms with E-state index in [0.717, 1.165) is 19.4 Å². The maximum Gasteiger partial charge on any atom is 0.227 e. The summed E-state index contributed by atoms with van der Waals surface area (Å²) in [7, 11) is 0. The molecule has 1 fully saturated rings. The van der Waals surface area contributed by atoms with E-state index in [1.54, 1.807) is 11.8 Å². The van der Waals surface area contributed by atoms with Gasteiger partial charge in [0.05, 0.1) is 5.84 Å². The van der Waals surface area contributed by atoms with Gasteiger partial charge in [-0.3, -0.25) is 10.2 Å². The number of carbonyl (C=O) groups excluding carboxylic acids is 1. The summed E-state index contributed by atoms with van der Waals surface area (Å²) < 4.78 is 0. The Hall–Kier alpha value is -0.860. The molecular weight excluding hydrogens is 128 g/mol. The summed E-state index contributed by atoms with van der Waals surface area (Å²) >= 11 is 0. The molecule has 0 aliphatic carbocycles. The van der Waals surface area contributed by atoms with Crippen molar-refractivity contribution in [3.8, 4) is 0 Å². The van der Waals surface area contributed by atoms with Gasteiger partial charge < -0.3 is 4.90 Å². The van der Waals surface area contributed by atoms with Crippen molar-refractivity contribution in [2.75, 3.05) is 6.54 Å². The van der Waals surface area contributed by atoms with E-state index in [4.69, 9.17) is 5.41 Å². The Morgan fingerprint density at radius 1 is 1.60 bits per heavy atom. The lowest BCUT2D eigenvalue weighted by molar-refractivity contribution is -0.129. The van der Waals surface area contributed by atoms with Gasteiger partial charge in [0.15, 0.2) is 0 Å². The van der Waals surface area contributed by atoms with E-state index in [9.17, 15) is 4.79 Å². The maximum absolute atomic E-state index is 11.0. The van der Waals surface area contributed by atoms with Gasteiger partial charge in [-0.1, -0.05) is 0 Å². The molecule has 0 saturated carbocycles. The van der Waals surface area contributed by atoms with Crippen LogP contribution in [-0.4, -0.2) is 23.2 Å². The molecule has 3 heteroatoms. The topological polar surface area (TPSA) is 44.2 Å². The highest BCUT2D eigenvalue weighted by atomic mass is 16.2. The molecule has 0 radical (unpaired) electrons. The summed E-state index contributed by atoms with van der Waals surface area (Å²) in [6.07, 6.45) is 2.65. The number of hydrogen-bond donors (Lipinski definition) is 1. The molecule has 0 aromatic carbocycles. The zero-order chi connectivity index (χ0) is 7.56. The lowest BCUT2D eigenvalue weighted by atomic mass is 10.1. The predicted molar refractivity (Wildman–Crippen MR) is 39.0 cm³/mol. The third kappa shape index (κ3) is 1.35. The molecule has 0 atom stereocenters. The van der Waals surface area contributed by atoms with Crippen molar-refractivity contribution in [3.63, 3.8) is 0 Å². The first kappa shape index (κ1) is 7.25. The van der Waals surface area contributed by atoms with Crippen molar-refractivity contribution in [3.05, 3.63) is 0 Å². The quantitative estimate of drug-likeness (QED) is 0.396. The Bertz CT molecular complexity index is 165. The number of nitrogens with one attached hydrogen (secondary N) is 1. The molecule has 1 rings (SSSR count). The minimum atomic E-state index is 0.110. The normalized spacial score (nSPS) is 19.3. The van der Waals surface area contributed by atoms with Crippen LogP contribution < -0.4 is 0 Å². The monoisotopic (exact) mass is 140 g/mol. The van der Waals surface area contributed by atoms with Crippen LogP contribution in [0.2, 0.25) is 0 Å². The number of hydrogen-bond acceptors (Lipinski definition) is 2. The fourth-order valence-electron chi connectivity index (χ4n) is 1.16. The molecule has 0 spiro atoms. The smallest absolute Gasteiger partial charge is 0.227 e. The highest BCUT2D eigenvalue weighted by molar-refractivity contribution is 5.95. The maximum atomic E-state index is 11.0. The second kappa shape index (κ2) is 2.82. The molecule has 1 heterocycles. The molecular formula is C7H12N2O. The largest absolute Gasteiger partial charge is 0.301 e. The van der Waals surface area contributed by atoms with E-state index < -0.39 is 0 Å². The van der Waals surface area contributed by atoms with Gasteiger partial charge in [0, 0.05) is 13.0 Å². The van der Waals surface area contributed by atoms with Crippen LogP contribution in [0.5, 0.6) is 0 Å².